The van der Waals surface area contributed by atoms with Gasteiger partial charge in [-0.2, -0.15) is 9.97 Å². The molecule has 3 aliphatic rings. The first-order valence-electron chi connectivity index (χ1n) is 15.1. The summed E-state index contributed by atoms with van der Waals surface area (Å²) in [4.78, 5) is 18.5. The molecule has 2 aromatic heterocycles. The average molecular weight is 628 g/mol. The van der Waals surface area contributed by atoms with Gasteiger partial charge < -0.3 is 20.7 Å². The molecule has 43 heavy (non-hydrogen) atoms. The minimum atomic E-state index is -0.616. The van der Waals surface area contributed by atoms with E-state index in [0.717, 1.165) is 76.2 Å². The molecule has 5 heterocycles. The first-order valence-corrected chi connectivity index (χ1v) is 16.3. The molecular formula is C31H36ClF2N7OS. The van der Waals surface area contributed by atoms with E-state index < -0.39 is 11.6 Å². The van der Waals surface area contributed by atoms with Crippen molar-refractivity contribution in [1.82, 2.24) is 25.2 Å². The van der Waals surface area contributed by atoms with Crippen LogP contribution in [0.15, 0.2) is 18.2 Å². The largest absolute Gasteiger partial charge is 0.461 e. The Bertz CT molecular complexity index is 1690. The summed E-state index contributed by atoms with van der Waals surface area (Å²) in [5.41, 5.74) is 6.69. The van der Waals surface area contributed by atoms with Crippen molar-refractivity contribution in [2.75, 3.05) is 57.0 Å². The van der Waals surface area contributed by atoms with Gasteiger partial charge in [0.2, 0.25) is 0 Å². The molecular weight excluding hydrogens is 592 g/mol. The van der Waals surface area contributed by atoms with Crippen LogP contribution in [0.3, 0.4) is 0 Å². The quantitative estimate of drug-likeness (QED) is 0.254. The van der Waals surface area contributed by atoms with Crippen LogP contribution in [-0.4, -0.2) is 71.8 Å². The van der Waals surface area contributed by atoms with Crippen LogP contribution in [0.1, 0.15) is 39.0 Å². The number of nitrogens with zero attached hydrogens (tertiary/aromatic N) is 5. The molecule has 0 saturated carbocycles. The summed E-state index contributed by atoms with van der Waals surface area (Å²) in [5, 5.41) is 4.41. The molecule has 228 valence electrons. The molecule has 12 heteroatoms. The summed E-state index contributed by atoms with van der Waals surface area (Å²) in [5.74, 6) is 0.583. The van der Waals surface area contributed by atoms with Gasteiger partial charge in [0.05, 0.1) is 20.8 Å². The number of ether oxygens (including phenoxy) is 1. The van der Waals surface area contributed by atoms with Crippen molar-refractivity contribution in [2.24, 2.45) is 11.8 Å². The van der Waals surface area contributed by atoms with E-state index in [1.165, 1.54) is 12.1 Å². The van der Waals surface area contributed by atoms with E-state index in [1.807, 2.05) is 0 Å². The third-order valence-electron chi connectivity index (χ3n) is 9.73. The first kappa shape index (κ1) is 28.9. The number of fused-ring (bicyclic) bond motifs is 3. The SMILES string of the molecule is CCCC1(COc2nc(N3CC4CCNCC4C3)c3cc(Cl)c(-c4ccc(F)c5sc(N)nc45)c(F)c3n2)CCCN1C. The van der Waals surface area contributed by atoms with E-state index in [-0.39, 0.29) is 43.0 Å². The number of thiazole rings is 1. The maximum atomic E-state index is 16.8. The molecule has 3 fully saturated rings. The zero-order valence-corrected chi connectivity index (χ0v) is 26.0. The number of anilines is 2. The Labute approximate surface area is 258 Å². The highest BCUT2D eigenvalue weighted by Gasteiger charge is 2.40. The molecule has 7 rings (SSSR count). The fourth-order valence-electron chi connectivity index (χ4n) is 7.46. The van der Waals surface area contributed by atoms with Gasteiger partial charge in [-0.05, 0) is 82.4 Å². The van der Waals surface area contributed by atoms with Gasteiger partial charge in [-0.25, -0.2) is 13.8 Å². The van der Waals surface area contributed by atoms with Crippen molar-refractivity contribution in [3.8, 4) is 17.1 Å². The third-order valence-corrected chi connectivity index (χ3v) is 10.9. The molecule has 3 saturated heterocycles. The van der Waals surface area contributed by atoms with Crippen LogP contribution in [0.4, 0.5) is 19.7 Å². The van der Waals surface area contributed by atoms with Crippen molar-refractivity contribution in [1.29, 1.82) is 0 Å². The van der Waals surface area contributed by atoms with Crippen molar-refractivity contribution in [2.45, 2.75) is 44.6 Å². The first-order chi connectivity index (χ1) is 20.8. The van der Waals surface area contributed by atoms with Gasteiger partial charge in [-0.1, -0.05) is 36.3 Å². The molecule has 0 spiro atoms. The number of nitrogens with two attached hydrogens (primary N) is 1. The Balaban J connectivity index is 1.36. The Morgan fingerprint density at radius 2 is 2.02 bits per heavy atom. The molecule has 8 nitrogen and oxygen atoms in total. The number of halogens is 3. The predicted molar refractivity (Wildman–Crippen MR) is 169 cm³/mol. The number of likely N-dealkylation sites (tertiary alicyclic amines) is 1. The molecule has 0 aliphatic carbocycles. The fraction of sp³-hybridized carbons (Fsp3) is 0.516. The maximum absolute atomic E-state index is 16.8. The third kappa shape index (κ3) is 4.98. The molecule has 3 unspecified atom stereocenters. The lowest BCUT2D eigenvalue weighted by molar-refractivity contribution is 0.0828. The van der Waals surface area contributed by atoms with E-state index in [4.69, 9.17) is 27.1 Å². The number of benzene rings is 2. The molecule has 0 radical (unpaired) electrons. The second-order valence-electron chi connectivity index (χ2n) is 12.3. The molecule has 3 N–H and O–H groups in total. The summed E-state index contributed by atoms with van der Waals surface area (Å²) < 4.78 is 38.0. The van der Waals surface area contributed by atoms with Gasteiger partial charge in [0.25, 0.3) is 0 Å². The van der Waals surface area contributed by atoms with Crippen LogP contribution in [0.2, 0.25) is 5.02 Å². The molecule has 4 aromatic rings. The number of aromatic nitrogens is 3. The highest BCUT2D eigenvalue weighted by molar-refractivity contribution is 7.22. The van der Waals surface area contributed by atoms with Crippen LogP contribution >= 0.6 is 22.9 Å². The van der Waals surface area contributed by atoms with Crippen molar-refractivity contribution < 1.29 is 13.5 Å². The zero-order chi connectivity index (χ0) is 29.9. The Morgan fingerprint density at radius 1 is 1.19 bits per heavy atom. The van der Waals surface area contributed by atoms with Crippen molar-refractivity contribution in [3.05, 3.63) is 34.9 Å². The Hall–Kier alpha value is -2.86. The topological polar surface area (TPSA) is 92.4 Å². The maximum Gasteiger partial charge on any atom is 0.319 e. The molecule has 2 aromatic carbocycles. The predicted octanol–water partition coefficient (Wildman–Crippen LogP) is 6.11. The summed E-state index contributed by atoms with van der Waals surface area (Å²) in [7, 11) is 2.14. The lowest BCUT2D eigenvalue weighted by Gasteiger charge is -2.35. The van der Waals surface area contributed by atoms with Gasteiger partial charge in [-0.15, -0.1) is 0 Å². The molecule has 0 bridgehead atoms. The minimum absolute atomic E-state index is 0.102. The van der Waals surface area contributed by atoms with Gasteiger partial charge in [-0.3, -0.25) is 4.90 Å². The average Bonchev–Trinajstić information content (AvgIpc) is 3.70. The highest BCUT2D eigenvalue weighted by Crippen LogP contribution is 2.44. The lowest BCUT2D eigenvalue weighted by Crippen LogP contribution is -2.46. The Kier molecular flexibility index (Phi) is 7.56. The van der Waals surface area contributed by atoms with Crippen molar-refractivity contribution in [3.63, 3.8) is 0 Å². The van der Waals surface area contributed by atoms with Crippen LogP contribution < -0.4 is 20.7 Å². The zero-order valence-electron chi connectivity index (χ0n) is 24.4. The van der Waals surface area contributed by atoms with Gasteiger partial charge in [0.1, 0.15) is 23.8 Å². The second-order valence-corrected chi connectivity index (χ2v) is 13.7. The number of nitrogen functional groups attached to an aromatic ring is 1. The van der Waals surface area contributed by atoms with Gasteiger partial charge in [0.15, 0.2) is 10.9 Å². The number of likely N-dealkylation sites (N-methyl/N-ethyl adjacent to an activating group) is 1. The summed E-state index contributed by atoms with van der Waals surface area (Å²) in [6.07, 6.45) is 5.27. The van der Waals surface area contributed by atoms with Crippen molar-refractivity contribution >= 4 is 55.0 Å². The van der Waals surface area contributed by atoms with E-state index in [9.17, 15) is 4.39 Å². The molecule has 3 aliphatic heterocycles. The van der Waals surface area contributed by atoms with Crippen LogP contribution in [0.5, 0.6) is 6.01 Å². The molecule has 3 atom stereocenters. The number of nitrogens with one attached hydrogen (secondary N) is 1. The van der Waals surface area contributed by atoms with E-state index in [1.54, 1.807) is 6.07 Å². The normalized spacial score (nSPS) is 24.3. The number of hydrogen-bond donors (Lipinski definition) is 2. The number of piperidine rings is 1. The number of hydrogen-bond acceptors (Lipinski definition) is 9. The number of rotatable bonds is 7. The summed E-state index contributed by atoms with van der Waals surface area (Å²) in [6.45, 7) is 7.22. The van der Waals surface area contributed by atoms with E-state index >= 15 is 4.39 Å². The Morgan fingerprint density at radius 3 is 2.79 bits per heavy atom. The molecule has 0 amide bonds. The fourth-order valence-corrected chi connectivity index (χ4v) is 8.52. The van der Waals surface area contributed by atoms with Crippen LogP contribution in [-0.2, 0) is 0 Å². The standard InChI is InChI=1S/C31H36ClF2N7OS/c1-3-8-31(9-4-11-40(31)2)16-42-30-38-25-20(28(39-30)41-14-17-7-10-36-13-18(17)15-41)12-21(32)23(24(25)34)19-5-6-22(33)27-26(19)37-29(35)43-27/h5-6,12,17-18,36H,3-4,7-11,13-16H2,1-2H3,(H2,35,37). The van der Waals surface area contributed by atoms with Crippen LogP contribution in [0.25, 0.3) is 32.2 Å². The lowest BCUT2D eigenvalue weighted by atomic mass is 9.90. The summed E-state index contributed by atoms with van der Waals surface area (Å²) in [6, 6.07) is 4.67. The van der Waals surface area contributed by atoms with E-state index in [0.29, 0.717) is 35.2 Å². The van der Waals surface area contributed by atoms with Gasteiger partial charge in [0, 0.05) is 29.6 Å². The minimum Gasteiger partial charge on any atom is -0.461 e. The monoisotopic (exact) mass is 627 g/mol. The van der Waals surface area contributed by atoms with Gasteiger partial charge >= 0.3 is 6.01 Å². The highest BCUT2D eigenvalue weighted by atomic mass is 35.5. The van der Waals surface area contributed by atoms with Crippen LogP contribution in [0, 0.1) is 23.5 Å². The van der Waals surface area contributed by atoms with E-state index in [2.05, 4.69) is 39.1 Å². The smallest absolute Gasteiger partial charge is 0.319 e. The summed E-state index contributed by atoms with van der Waals surface area (Å²) >= 11 is 7.86. The second kappa shape index (κ2) is 11.3.